The number of rotatable bonds is 4. The molecule has 0 unspecified atom stereocenters. The van der Waals surface area contributed by atoms with Gasteiger partial charge in [-0.15, -0.1) is 11.3 Å². The molecule has 4 rings (SSSR count). The molecule has 142 valence electrons. The number of ether oxygens (including phenoxy) is 1. The van der Waals surface area contributed by atoms with E-state index in [9.17, 15) is 9.59 Å². The Hall–Kier alpha value is -2.25. The second kappa shape index (κ2) is 8.19. The van der Waals surface area contributed by atoms with E-state index in [2.05, 4.69) is 4.98 Å². The van der Waals surface area contributed by atoms with Crippen LogP contribution in [0, 0.1) is 0 Å². The van der Waals surface area contributed by atoms with Crippen LogP contribution in [0.15, 0.2) is 35.7 Å². The van der Waals surface area contributed by atoms with Gasteiger partial charge in [0, 0.05) is 43.7 Å². The molecule has 2 saturated heterocycles. The summed E-state index contributed by atoms with van der Waals surface area (Å²) >= 11 is 1.56. The summed E-state index contributed by atoms with van der Waals surface area (Å²) in [5.41, 5.74) is 1.88. The number of carbonyl (C=O) groups excluding carboxylic acids is 2. The highest BCUT2D eigenvalue weighted by Crippen LogP contribution is 2.24. The van der Waals surface area contributed by atoms with E-state index < -0.39 is 0 Å². The first-order chi connectivity index (χ1) is 13.2. The van der Waals surface area contributed by atoms with Gasteiger partial charge in [-0.3, -0.25) is 9.59 Å². The van der Waals surface area contributed by atoms with Gasteiger partial charge in [0.1, 0.15) is 11.1 Å². The molecule has 0 N–H and O–H groups in total. The summed E-state index contributed by atoms with van der Waals surface area (Å²) in [7, 11) is 0. The third-order valence-corrected chi connectivity index (χ3v) is 5.99. The van der Waals surface area contributed by atoms with Crippen molar-refractivity contribution in [3.8, 4) is 10.6 Å². The molecule has 6 nitrogen and oxygen atoms in total. The standard InChI is InChI=1S/C20H23N3O3S/c24-18(13-16-14-27-19(21-16)15-5-2-1-3-6-15)22-8-10-23(11-9-22)20(25)17-7-4-12-26-17/h1-3,5-6,14,17H,4,7-13H2/t17-/m1/s1. The van der Waals surface area contributed by atoms with Gasteiger partial charge >= 0.3 is 0 Å². The molecule has 0 radical (unpaired) electrons. The predicted molar refractivity (Wildman–Crippen MR) is 103 cm³/mol. The van der Waals surface area contributed by atoms with Crippen molar-refractivity contribution in [3.05, 3.63) is 41.4 Å². The third kappa shape index (κ3) is 4.20. The van der Waals surface area contributed by atoms with Gasteiger partial charge < -0.3 is 14.5 Å². The van der Waals surface area contributed by atoms with Crippen molar-refractivity contribution >= 4 is 23.2 Å². The van der Waals surface area contributed by atoms with Crippen LogP contribution >= 0.6 is 11.3 Å². The van der Waals surface area contributed by atoms with Gasteiger partial charge in [0.05, 0.1) is 12.1 Å². The van der Waals surface area contributed by atoms with Crippen LogP contribution in [0.1, 0.15) is 18.5 Å². The summed E-state index contributed by atoms with van der Waals surface area (Å²) in [4.78, 5) is 33.3. The van der Waals surface area contributed by atoms with Crippen molar-refractivity contribution in [2.24, 2.45) is 0 Å². The Kier molecular flexibility index (Phi) is 5.50. The Balaban J connectivity index is 1.30. The van der Waals surface area contributed by atoms with Crippen LogP contribution in [0.4, 0.5) is 0 Å². The zero-order valence-electron chi connectivity index (χ0n) is 15.2. The molecule has 0 saturated carbocycles. The summed E-state index contributed by atoms with van der Waals surface area (Å²) < 4.78 is 5.48. The SMILES string of the molecule is O=C(Cc1csc(-c2ccccc2)n1)N1CCN(C(=O)[C@H]2CCCO2)CC1. The Morgan fingerprint density at radius 2 is 1.85 bits per heavy atom. The smallest absolute Gasteiger partial charge is 0.251 e. The van der Waals surface area contributed by atoms with Gasteiger partial charge in [-0.25, -0.2) is 4.98 Å². The first-order valence-electron chi connectivity index (χ1n) is 9.39. The van der Waals surface area contributed by atoms with Crippen LogP contribution in [0.5, 0.6) is 0 Å². The highest BCUT2D eigenvalue weighted by molar-refractivity contribution is 7.13. The van der Waals surface area contributed by atoms with Gasteiger partial charge in [0.15, 0.2) is 0 Å². The average Bonchev–Trinajstić information content (AvgIpc) is 3.40. The van der Waals surface area contributed by atoms with Crippen LogP contribution in [0.3, 0.4) is 0 Å². The fraction of sp³-hybridized carbons (Fsp3) is 0.450. The molecule has 2 aliphatic heterocycles. The Morgan fingerprint density at radius 3 is 2.56 bits per heavy atom. The normalized spacial score (nSPS) is 20.1. The second-order valence-electron chi connectivity index (χ2n) is 6.89. The van der Waals surface area contributed by atoms with E-state index in [-0.39, 0.29) is 17.9 Å². The number of thiazole rings is 1. The maximum absolute atomic E-state index is 12.6. The van der Waals surface area contributed by atoms with Crippen LogP contribution < -0.4 is 0 Å². The minimum absolute atomic E-state index is 0.0733. The van der Waals surface area contributed by atoms with Crippen molar-refractivity contribution in [1.29, 1.82) is 0 Å². The molecule has 2 fully saturated rings. The number of aromatic nitrogens is 1. The third-order valence-electron chi connectivity index (χ3n) is 5.05. The van der Waals surface area contributed by atoms with Gasteiger partial charge in [-0.2, -0.15) is 0 Å². The van der Waals surface area contributed by atoms with Crippen LogP contribution in [0.25, 0.3) is 10.6 Å². The average molecular weight is 385 g/mol. The van der Waals surface area contributed by atoms with E-state index in [1.165, 1.54) is 0 Å². The van der Waals surface area contributed by atoms with E-state index in [1.54, 1.807) is 11.3 Å². The molecule has 2 aliphatic rings. The number of amides is 2. The van der Waals surface area contributed by atoms with Crippen LogP contribution in [0.2, 0.25) is 0 Å². The maximum atomic E-state index is 12.6. The lowest BCUT2D eigenvalue weighted by Crippen LogP contribution is -2.53. The lowest BCUT2D eigenvalue weighted by Gasteiger charge is -2.35. The first kappa shape index (κ1) is 18.1. The topological polar surface area (TPSA) is 62.7 Å². The molecular weight excluding hydrogens is 362 g/mol. The lowest BCUT2D eigenvalue weighted by atomic mass is 10.2. The minimum Gasteiger partial charge on any atom is -0.368 e. The number of carbonyl (C=O) groups is 2. The molecule has 2 amide bonds. The molecule has 1 atom stereocenters. The molecule has 2 aromatic rings. The van der Waals surface area contributed by atoms with Crippen molar-refractivity contribution in [1.82, 2.24) is 14.8 Å². The fourth-order valence-electron chi connectivity index (χ4n) is 3.52. The molecule has 27 heavy (non-hydrogen) atoms. The van der Waals surface area contributed by atoms with E-state index >= 15 is 0 Å². The van der Waals surface area contributed by atoms with Crippen molar-refractivity contribution < 1.29 is 14.3 Å². The second-order valence-corrected chi connectivity index (χ2v) is 7.75. The fourth-order valence-corrected chi connectivity index (χ4v) is 4.35. The van der Waals surface area contributed by atoms with Gasteiger partial charge in [0.2, 0.25) is 5.91 Å². The van der Waals surface area contributed by atoms with Crippen LogP contribution in [-0.2, 0) is 20.7 Å². The highest BCUT2D eigenvalue weighted by Gasteiger charge is 2.31. The molecule has 0 aliphatic carbocycles. The van der Waals surface area contributed by atoms with Crippen molar-refractivity contribution in [2.75, 3.05) is 32.8 Å². The Bertz CT molecular complexity index is 794. The van der Waals surface area contributed by atoms with Gasteiger partial charge in [-0.1, -0.05) is 30.3 Å². The van der Waals surface area contributed by atoms with Gasteiger partial charge in [0.25, 0.3) is 5.91 Å². The zero-order chi connectivity index (χ0) is 18.6. The van der Waals surface area contributed by atoms with E-state index in [1.807, 2.05) is 45.5 Å². The summed E-state index contributed by atoms with van der Waals surface area (Å²) in [6.45, 7) is 2.99. The molecule has 1 aromatic carbocycles. The Morgan fingerprint density at radius 1 is 1.11 bits per heavy atom. The number of hydrogen-bond donors (Lipinski definition) is 0. The largest absolute Gasteiger partial charge is 0.368 e. The lowest BCUT2D eigenvalue weighted by molar-refractivity contribution is -0.145. The summed E-state index contributed by atoms with van der Waals surface area (Å²) in [6, 6.07) is 9.99. The zero-order valence-corrected chi connectivity index (χ0v) is 16.0. The monoisotopic (exact) mass is 385 g/mol. The summed E-state index contributed by atoms with van der Waals surface area (Å²) in [5.74, 6) is 0.149. The predicted octanol–water partition coefficient (Wildman–Crippen LogP) is 2.20. The Labute approximate surface area is 162 Å². The van der Waals surface area contributed by atoms with E-state index in [0.29, 0.717) is 39.2 Å². The molecule has 1 aromatic heterocycles. The number of nitrogens with zero attached hydrogens (tertiary/aromatic N) is 3. The molecule has 0 bridgehead atoms. The first-order valence-corrected chi connectivity index (χ1v) is 10.3. The quantitative estimate of drug-likeness (QED) is 0.810. The molecule has 3 heterocycles. The number of hydrogen-bond acceptors (Lipinski definition) is 5. The molecule has 0 spiro atoms. The van der Waals surface area contributed by atoms with E-state index in [0.717, 1.165) is 29.1 Å². The van der Waals surface area contributed by atoms with Gasteiger partial charge in [-0.05, 0) is 12.8 Å². The summed E-state index contributed by atoms with van der Waals surface area (Å²) in [6.07, 6.45) is 1.79. The maximum Gasteiger partial charge on any atom is 0.251 e. The molecule has 7 heteroatoms. The summed E-state index contributed by atoms with van der Waals surface area (Å²) in [5, 5.41) is 2.89. The highest BCUT2D eigenvalue weighted by atomic mass is 32.1. The molecular formula is C20H23N3O3S. The van der Waals surface area contributed by atoms with E-state index in [4.69, 9.17) is 4.74 Å². The van der Waals surface area contributed by atoms with Crippen molar-refractivity contribution in [2.45, 2.75) is 25.4 Å². The number of benzene rings is 1. The minimum atomic E-state index is -0.279. The number of piperazine rings is 1. The van der Waals surface area contributed by atoms with Crippen LogP contribution in [-0.4, -0.2) is 65.5 Å². The van der Waals surface area contributed by atoms with Crippen molar-refractivity contribution in [3.63, 3.8) is 0 Å².